The highest BCUT2D eigenvalue weighted by Gasteiger charge is 2.23. The SMILES string of the molecule is CC(C#N)N1CCOC(C#N)C1. The summed E-state index contributed by atoms with van der Waals surface area (Å²) in [5.74, 6) is 0. The first kappa shape index (κ1) is 8.99. The molecule has 1 rings (SSSR count). The minimum absolute atomic E-state index is 0.121. The molecule has 0 spiro atoms. The monoisotopic (exact) mass is 165 g/mol. The summed E-state index contributed by atoms with van der Waals surface area (Å²) in [5, 5.41) is 17.2. The number of hydrogen-bond acceptors (Lipinski definition) is 4. The van der Waals surface area contributed by atoms with Gasteiger partial charge in [0.2, 0.25) is 0 Å². The third kappa shape index (κ3) is 1.94. The van der Waals surface area contributed by atoms with Crippen molar-refractivity contribution >= 4 is 0 Å². The zero-order valence-corrected chi connectivity index (χ0v) is 7.03. The Morgan fingerprint density at radius 3 is 2.92 bits per heavy atom. The number of nitrogens with zero attached hydrogens (tertiary/aromatic N) is 3. The van der Waals surface area contributed by atoms with Crippen LogP contribution in [0.15, 0.2) is 0 Å². The van der Waals surface area contributed by atoms with E-state index in [2.05, 4.69) is 6.07 Å². The molecule has 0 amide bonds. The Labute approximate surface area is 71.9 Å². The van der Waals surface area contributed by atoms with Gasteiger partial charge in [0, 0.05) is 13.1 Å². The van der Waals surface area contributed by atoms with Gasteiger partial charge in [-0.1, -0.05) is 0 Å². The van der Waals surface area contributed by atoms with Crippen molar-refractivity contribution in [1.29, 1.82) is 10.5 Å². The van der Waals surface area contributed by atoms with Crippen molar-refractivity contribution in [3.05, 3.63) is 0 Å². The first-order valence-corrected chi connectivity index (χ1v) is 3.93. The average Bonchev–Trinajstić information content (AvgIpc) is 2.17. The lowest BCUT2D eigenvalue weighted by Gasteiger charge is -2.31. The van der Waals surface area contributed by atoms with Gasteiger partial charge in [-0.2, -0.15) is 10.5 Å². The first-order chi connectivity index (χ1) is 5.77. The minimum Gasteiger partial charge on any atom is -0.361 e. The van der Waals surface area contributed by atoms with Crippen LogP contribution in [0.5, 0.6) is 0 Å². The van der Waals surface area contributed by atoms with E-state index in [0.717, 1.165) is 6.54 Å². The lowest BCUT2D eigenvalue weighted by atomic mass is 10.2. The molecule has 0 aromatic rings. The van der Waals surface area contributed by atoms with E-state index in [4.69, 9.17) is 15.3 Å². The molecule has 0 aromatic heterocycles. The highest BCUT2D eigenvalue weighted by Crippen LogP contribution is 2.07. The molecule has 1 fully saturated rings. The summed E-state index contributed by atoms with van der Waals surface area (Å²) in [6.45, 7) is 3.67. The molecule has 64 valence electrons. The lowest BCUT2D eigenvalue weighted by molar-refractivity contribution is -0.00617. The van der Waals surface area contributed by atoms with E-state index in [0.29, 0.717) is 13.2 Å². The van der Waals surface area contributed by atoms with Crippen molar-refractivity contribution in [3.63, 3.8) is 0 Å². The van der Waals surface area contributed by atoms with Crippen molar-refractivity contribution in [1.82, 2.24) is 4.90 Å². The molecule has 1 saturated heterocycles. The molecular weight excluding hydrogens is 154 g/mol. The predicted molar refractivity (Wildman–Crippen MR) is 42.0 cm³/mol. The Bertz CT molecular complexity index is 215. The minimum atomic E-state index is -0.366. The fourth-order valence-corrected chi connectivity index (χ4v) is 1.18. The van der Waals surface area contributed by atoms with Crippen LogP contribution in [-0.4, -0.2) is 36.7 Å². The zero-order chi connectivity index (χ0) is 8.97. The molecule has 1 heterocycles. The lowest BCUT2D eigenvalue weighted by Crippen LogP contribution is -2.45. The van der Waals surface area contributed by atoms with Crippen molar-refractivity contribution < 1.29 is 4.74 Å². The Morgan fingerprint density at radius 1 is 1.58 bits per heavy atom. The van der Waals surface area contributed by atoms with E-state index in [1.165, 1.54) is 0 Å². The van der Waals surface area contributed by atoms with E-state index < -0.39 is 0 Å². The summed E-state index contributed by atoms with van der Waals surface area (Å²) in [5.41, 5.74) is 0. The van der Waals surface area contributed by atoms with Crippen LogP contribution in [0.3, 0.4) is 0 Å². The van der Waals surface area contributed by atoms with Gasteiger partial charge in [-0.05, 0) is 6.92 Å². The third-order valence-corrected chi connectivity index (χ3v) is 1.98. The van der Waals surface area contributed by atoms with Crippen LogP contribution in [0.4, 0.5) is 0 Å². The molecule has 0 radical (unpaired) electrons. The molecule has 2 unspecified atom stereocenters. The summed E-state index contributed by atoms with van der Waals surface area (Å²) < 4.78 is 5.14. The summed E-state index contributed by atoms with van der Waals surface area (Å²) in [4.78, 5) is 1.96. The largest absolute Gasteiger partial charge is 0.361 e. The molecule has 12 heavy (non-hydrogen) atoms. The van der Waals surface area contributed by atoms with Crippen molar-refractivity contribution in [2.45, 2.75) is 19.1 Å². The van der Waals surface area contributed by atoms with E-state index in [-0.39, 0.29) is 12.1 Å². The first-order valence-electron chi connectivity index (χ1n) is 3.93. The van der Waals surface area contributed by atoms with Crippen molar-refractivity contribution in [2.75, 3.05) is 19.7 Å². The van der Waals surface area contributed by atoms with Crippen LogP contribution >= 0.6 is 0 Å². The number of ether oxygens (including phenoxy) is 1. The fourth-order valence-electron chi connectivity index (χ4n) is 1.18. The molecule has 1 aliphatic heterocycles. The molecule has 0 aliphatic carbocycles. The number of hydrogen-bond donors (Lipinski definition) is 0. The van der Waals surface area contributed by atoms with Gasteiger partial charge in [0.25, 0.3) is 0 Å². The van der Waals surface area contributed by atoms with Crippen molar-refractivity contribution in [3.8, 4) is 12.1 Å². The standard InChI is InChI=1S/C8H11N3O/c1-7(4-9)11-2-3-12-8(5-10)6-11/h7-8H,2-3,6H2,1H3. The Balaban J connectivity index is 2.48. The second-order valence-electron chi connectivity index (χ2n) is 2.79. The van der Waals surface area contributed by atoms with Gasteiger partial charge < -0.3 is 4.74 Å². The normalized spacial score (nSPS) is 27.1. The average molecular weight is 165 g/mol. The Kier molecular flexibility index (Phi) is 3.04. The van der Waals surface area contributed by atoms with Gasteiger partial charge >= 0.3 is 0 Å². The quantitative estimate of drug-likeness (QED) is 0.553. The molecule has 4 nitrogen and oxygen atoms in total. The number of rotatable bonds is 1. The molecule has 0 bridgehead atoms. The fraction of sp³-hybridized carbons (Fsp3) is 0.750. The Hall–Kier alpha value is -1.10. The van der Waals surface area contributed by atoms with E-state index in [1.807, 2.05) is 17.9 Å². The number of morpholine rings is 1. The summed E-state index contributed by atoms with van der Waals surface area (Å²) in [7, 11) is 0. The summed E-state index contributed by atoms with van der Waals surface area (Å²) in [6.07, 6.45) is -0.366. The van der Waals surface area contributed by atoms with Crippen LogP contribution in [0.1, 0.15) is 6.92 Å². The summed E-state index contributed by atoms with van der Waals surface area (Å²) >= 11 is 0. The van der Waals surface area contributed by atoms with Crippen LogP contribution < -0.4 is 0 Å². The van der Waals surface area contributed by atoms with Gasteiger partial charge in [0.1, 0.15) is 0 Å². The highest BCUT2D eigenvalue weighted by atomic mass is 16.5. The topological polar surface area (TPSA) is 60.1 Å². The Morgan fingerprint density at radius 2 is 2.33 bits per heavy atom. The molecule has 2 atom stereocenters. The van der Waals surface area contributed by atoms with Crippen LogP contribution in [-0.2, 0) is 4.74 Å². The van der Waals surface area contributed by atoms with Crippen LogP contribution in [0, 0.1) is 22.7 Å². The summed E-state index contributed by atoms with van der Waals surface area (Å²) in [6, 6.07) is 4.06. The number of nitriles is 2. The second-order valence-corrected chi connectivity index (χ2v) is 2.79. The highest BCUT2D eigenvalue weighted by molar-refractivity contribution is 4.95. The predicted octanol–water partition coefficient (Wildman–Crippen LogP) is 0.123. The van der Waals surface area contributed by atoms with E-state index in [1.54, 1.807) is 0 Å². The maximum absolute atomic E-state index is 8.63. The smallest absolute Gasteiger partial charge is 0.156 e. The third-order valence-electron chi connectivity index (χ3n) is 1.98. The van der Waals surface area contributed by atoms with Gasteiger partial charge in [-0.15, -0.1) is 0 Å². The van der Waals surface area contributed by atoms with Crippen LogP contribution in [0.25, 0.3) is 0 Å². The maximum Gasteiger partial charge on any atom is 0.156 e. The van der Waals surface area contributed by atoms with Gasteiger partial charge in [-0.3, -0.25) is 4.90 Å². The molecule has 1 aliphatic rings. The molecule has 0 N–H and O–H groups in total. The van der Waals surface area contributed by atoms with Gasteiger partial charge in [-0.25, -0.2) is 0 Å². The van der Waals surface area contributed by atoms with E-state index >= 15 is 0 Å². The molecule has 4 heteroatoms. The van der Waals surface area contributed by atoms with E-state index in [9.17, 15) is 0 Å². The molecular formula is C8H11N3O. The second kappa shape index (κ2) is 4.06. The maximum atomic E-state index is 8.63. The molecule has 0 aromatic carbocycles. The zero-order valence-electron chi connectivity index (χ0n) is 7.03. The van der Waals surface area contributed by atoms with Gasteiger partial charge in [0.15, 0.2) is 6.10 Å². The van der Waals surface area contributed by atoms with Crippen LogP contribution in [0.2, 0.25) is 0 Å². The van der Waals surface area contributed by atoms with Crippen molar-refractivity contribution in [2.24, 2.45) is 0 Å². The van der Waals surface area contributed by atoms with Gasteiger partial charge in [0.05, 0.1) is 24.8 Å². The molecule has 0 saturated carbocycles.